The van der Waals surface area contributed by atoms with Gasteiger partial charge in [0, 0.05) is 15.6 Å². The third kappa shape index (κ3) is 3.78. The molecule has 2 aromatic rings. The molecule has 0 bridgehead atoms. The van der Waals surface area contributed by atoms with Gasteiger partial charge in [-0.05, 0) is 37.3 Å². The summed E-state index contributed by atoms with van der Waals surface area (Å²) >= 11 is 3.40. The molecule has 0 unspecified atom stereocenters. The van der Waals surface area contributed by atoms with Crippen molar-refractivity contribution >= 4 is 27.7 Å². The summed E-state index contributed by atoms with van der Waals surface area (Å²) < 4.78 is 6.40. The van der Waals surface area contributed by atoms with E-state index < -0.39 is 0 Å². The van der Waals surface area contributed by atoms with Crippen LogP contribution in [-0.4, -0.2) is 18.4 Å². The Balaban J connectivity index is 2.33. The van der Waals surface area contributed by atoms with Crippen LogP contribution in [0.1, 0.15) is 22.8 Å². The van der Waals surface area contributed by atoms with Crippen molar-refractivity contribution in [3.8, 4) is 0 Å². The van der Waals surface area contributed by atoms with Crippen LogP contribution in [0.5, 0.6) is 0 Å². The second-order valence-electron chi connectivity index (χ2n) is 4.03. The van der Waals surface area contributed by atoms with Crippen molar-refractivity contribution in [3.05, 3.63) is 70.2 Å². The zero-order chi connectivity index (χ0) is 14.4. The predicted molar refractivity (Wildman–Crippen MR) is 83.1 cm³/mol. The lowest BCUT2D eigenvalue weighted by Gasteiger charge is -2.07. The molecule has 0 saturated heterocycles. The second kappa shape index (κ2) is 7.01. The van der Waals surface area contributed by atoms with E-state index in [1.54, 1.807) is 12.1 Å². The van der Waals surface area contributed by atoms with Crippen LogP contribution in [0, 0.1) is 0 Å². The molecule has 0 atom stereocenters. The van der Waals surface area contributed by atoms with E-state index in [4.69, 9.17) is 4.74 Å². The van der Waals surface area contributed by atoms with Gasteiger partial charge in [0.05, 0.1) is 6.61 Å². The van der Waals surface area contributed by atoms with E-state index >= 15 is 0 Å². The molecule has 0 aliphatic heterocycles. The number of aliphatic imine (C=N–C) groups is 1. The molecule has 4 heteroatoms. The smallest absolute Gasteiger partial charge is 0.280 e. The van der Waals surface area contributed by atoms with Gasteiger partial charge in [-0.2, -0.15) is 4.99 Å². The molecule has 1 amide bonds. The van der Waals surface area contributed by atoms with Gasteiger partial charge in [-0.15, -0.1) is 0 Å². The normalized spacial score (nSPS) is 11.2. The Bertz CT molecular complexity index is 623. The summed E-state index contributed by atoms with van der Waals surface area (Å²) in [7, 11) is 0. The molecule has 0 heterocycles. The fourth-order valence-electron chi connectivity index (χ4n) is 1.68. The van der Waals surface area contributed by atoms with Crippen molar-refractivity contribution in [1.82, 2.24) is 0 Å². The number of rotatable bonds is 3. The first-order chi connectivity index (χ1) is 9.70. The van der Waals surface area contributed by atoms with Crippen LogP contribution in [0.25, 0.3) is 0 Å². The molecule has 0 fully saturated rings. The van der Waals surface area contributed by atoms with Gasteiger partial charge in [0.25, 0.3) is 5.91 Å². The molecule has 0 aromatic heterocycles. The quantitative estimate of drug-likeness (QED) is 0.628. The van der Waals surface area contributed by atoms with E-state index in [0.29, 0.717) is 18.1 Å². The van der Waals surface area contributed by atoms with Crippen molar-refractivity contribution < 1.29 is 9.53 Å². The lowest BCUT2D eigenvalue weighted by Crippen LogP contribution is -2.10. The van der Waals surface area contributed by atoms with Crippen molar-refractivity contribution in [2.24, 2.45) is 4.99 Å². The van der Waals surface area contributed by atoms with Crippen LogP contribution in [0.3, 0.4) is 0 Å². The minimum absolute atomic E-state index is 0.311. The van der Waals surface area contributed by atoms with Crippen LogP contribution in [-0.2, 0) is 4.74 Å². The summed E-state index contributed by atoms with van der Waals surface area (Å²) in [4.78, 5) is 16.2. The fourth-order valence-corrected chi connectivity index (χ4v) is 2.08. The first-order valence-electron chi connectivity index (χ1n) is 6.27. The molecule has 0 saturated carbocycles. The number of amides is 1. The molecule has 0 radical (unpaired) electrons. The Morgan fingerprint density at radius 3 is 2.45 bits per heavy atom. The van der Waals surface area contributed by atoms with E-state index in [2.05, 4.69) is 20.9 Å². The first-order valence-corrected chi connectivity index (χ1v) is 7.07. The molecule has 20 heavy (non-hydrogen) atoms. The highest BCUT2D eigenvalue weighted by Gasteiger charge is 2.10. The van der Waals surface area contributed by atoms with Gasteiger partial charge in [0.2, 0.25) is 5.90 Å². The Kier molecular flexibility index (Phi) is 5.07. The third-order valence-corrected chi connectivity index (χ3v) is 3.07. The number of nitrogens with zero attached hydrogens (tertiary/aromatic N) is 1. The van der Waals surface area contributed by atoms with Gasteiger partial charge >= 0.3 is 0 Å². The summed E-state index contributed by atoms with van der Waals surface area (Å²) in [5, 5.41) is 0. The third-order valence-electron chi connectivity index (χ3n) is 2.58. The zero-order valence-electron chi connectivity index (χ0n) is 11.0. The highest BCUT2D eigenvalue weighted by Crippen LogP contribution is 2.14. The highest BCUT2D eigenvalue weighted by atomic mass is 79.9. The molecule has 0 spiro atoms. The van der Waals surface area contributed by atoms with Crippen LogP contribution in [0.15, 0.2) is 64.1 Å². The van der Waals surface area contributed by atoms with Crippen LogP contribution in [0.4, 0.5) is 0 Å². The average Bonchev–Trinajstić information content (AvgIpc) is 2.47. The maximum absolute atomic E-state index is 12.1. The zero-order valence-corrected chi connectivity index (χ0v) is 12.6. The monoisotopic (exact) mass is 331 g/mol. The maximum Gasteiger partial charge on any atom is 0.280 e. The second-order valence-corrected chi connectivity index (χ2v) is 4.95. The molecule has 3 nitrogen and oxygen atoms in total. The van der Waals surface area contributed by atoms with Gasteiger partial charge < -0.3 is 4.74 Å². The fraction of sp³-hybridized carbons (Fsp3) is 0.125. The van der Waals surface area contributed by atoms with E-state index in [9.17, 15) is 4.79 Å². The summed E-state index contributed by atoms with van der Waals surface area (Å²) in [5.74, 6) is 0.0247. The molecular formula is C16H14BrNO2. The van der Waals surface area contributed by atoms with Gasteiger partial charge in [0.15, 0.2) is 0 Å². The van der Waals surface area contributed by atoms with Gasteiger partial charge in [-0.3, -0.25) is 4.79 Å². The van der Waals surface area contributed by atoms with Crippen LogP contribution >= 0.6 is 15.9 Å². The molecule has 0 aliphatic rings. The number of carbonyl (C=O) groups excluding carboxylic acids is 1. The Morgan fingerprint density at radius 1 is 1.10 bits per heavy atom. The number of halogens is 1. The summed E-state index contributed by atoms with van der Waals surface area (Å²) in [6, 6.07) is 16.5. The summed E-state index contributed by atoms with van der Waals surface area (Å²) in [6.45, 7) is 2.31. The molecule has 102 valence electrons. The van der Waals surface area contributed by atoms with E-state index in [-0.39, 0.29) is 5.91 Å². The summed E-state index contributed by atoms with van der Waals surface area (Å²) in [5.41, 5.74) is 1.31. The number of benzene rings is 2. The summed E-state index contributed by atoms with van der Waals surface area (Å²) in [6.07, 6.45) is 0. The van der Waals surface area contributed by atoms with Crippen molar-refractivity contribution in [2.45, 2.75) is 6.92 Å². The molecule has 2 aromatic carbocycles. The van der Waals surface area contributed by atoms with E-state index in [1.165, 1.54) is 0 Å². The van der Waals surface area contributed by atoms with Gasteiger partial charge in [-0.1, -0.05) is 40.2 Å². The highest BCUT2D eigenvalue weighted by molar-refractivity contribution is 9.10. The molecule has 0 N–H and O–H groups in total. The number of hydrogen-bond acceptors (Lipinski definition) is 2. The van der Waals surface area contributed by atoms with Crippen LogP contribution in [0.2, 0.25) is 0 Å². The minimum atomic E-state index is -0.311. The number of ether oxygens (including phenoxy) is 1. The average molecular weight is 332 g/mol. The van der Waals surface area contributed by atoms with Gasteiger partial charge in [-0.25, -0.2) is 0 Å². The first kappa shape index (κ1) is 14.5. The maximum atomic E-state index is 12.1. The Hall–Kier alpha value is -1.94. The lowest BCUT2D eigenvalue weighted by atomic mass is 10.2. The van der Waals surface area contributed by atoms with Crippen molar-refractivity contribution in [3.63, 3.8) is 0 Å². The van der Waals surface area contributed by atoms with E-state index in [1.807, 2.05) is 49.4 Å². The Labute approximate surface area is 126 Å². The largest absolute Gasteiger partial charge is 0.477 e. The van der Waals surface area contributed by atoms with Gasteiger partial charge in [0.1, 0.15) is 0 Å². The molecule has 2 rings (SSSR count). The van der Waals surface area contributed by atoms with Crippen LogP contribution < -0.4 is 0 Å². The standard InChI is InChI=1S/C16H14BrNO2/c1-2-20-16(13-9-6-10-14(17)11-13)18-15(19)12-7-4-3-5-8-12/h3-11H,2H2,1H3. The van der Waals surface area contributed by atoms with Crippen molar-refractivity contribution in [1.29, 1.82) is 0 Å². The number of carbonyl (C=O) groups is 1. The van der Waals surface area contributed by atoms with Crippen molar-refractivity contribution in [2.75, 3.05) is 6.61 Å². The lowest BCUT2D eigenvalue weighted by molar-refractivity contribution is 0.0999. The number of hydrogen-bond donors (Lipinski definition) is 0. The topological polar surface area (TPSA) is 38.7 Å². The molecule has 0 aliphatic carbocycles. The SMILES string of the molecule is CCOC(=NC(=O)c1ccccc1)c1cccc(Br)c1. The Morgan fingerprint density at radius 2 is 1.80 bits per heavy atom. The minimum Gasteiger partial charge on any atom is -0.477 e. The molecular weight excluding hydrogens is 318 g/mol. The predicted octanol–water partition coefficient (Wildman–Crippen LogP) is 4.07. The van der Waals surface area contributed by atoms with E-state index in [0.717, 1.165) is 10.0 Å².